The normalized spacial score (nSPS) is 26.7. The lowest BCUT2D eigenvalue weighted by molar-refractivity contribution is -0.147. The van der Waals surface area contributed by atoms with Gasteiger partial charge in [0.05, 0.1) is 7.11 Å². The maximum atomic E-state index is 12.3. The maximum Gasteiger partial charge on any atom is 0.410 e. The average Bonchev–Trinajstić information content (AvgIpc) is 3.30. The molecule has 3 atom stereocenters. The summed E-state index contributed by atoms with van der Waals surface area (Å²) in [6.07, 6.45) is 1.35. The Morgan fingerprint density at radius 2 is 1.95 bits per heavy atom. The third-order valence-electron chi connectivity index (χ3n) is 4.32. The van der Waals surface area contributed by atoms with Crippen LogP contribution >= 0.6 is 0 Å². The number of rotatable bonds is 3. The molecule has 2 fully saturated rings. The summed E-state index contributed by atoms with van der Waals surface area (Å²) >= 11 is 0. The molecule has 1 saturated heterocycles. The van der Waals surface area contributed by atoms with E-state index in [0.717, 1.165) is 12.0 Å². The third-order valence-corrected chi connectivity index (χ3v) is 4.32. The van der Waals surface area contributed by atoms with E-state index in [1.807, 2.05) is 30.3 Å². The Morgan fingerprint density at radius 3 is 2.67 bits per heavy atom. The fourth-order valence-electron chi connectivity index (χ4n) is 2.98. The number of benzene rings is 1. The molecule has 112 valence electrons. The molecule has 1 aliphatic heterocycles. The lowest BCUT2D eigenvalue weighted by Crippen LogP contribution is -2.49. The number of piperidine rings is 1. The molecule has 2 unspecified atom stereocenters. The van der Waals surface area contributed by atoms with Crippen molar-refractivity contribution in [3.8, 4) is 0 Å². The molecule has 0 spiro atoms. The predicted molar refractivity (Wildman–Crippen MR) is 75.4 cm³/mol. The van der Waals surface area contributed by atoms with Crippen LogP contribution in [0.2, 0.25) is 0 Å². The fraction of sp³-hybridized carbons (Fsp3) is 0.500. The zero-order valence-corrected chi connectivity index (χ0v) is 12.0. The van der Waals surface area contributed by atoms with E-state index in [1.165, 1.54) is 12.0 Å². The van der Waals surface area contributed by atoms with Crippen molar-refractivity contribution in [2.75, 3.05) is 13.7 Å². The summed E-state index contributed by atoms with van der Waals surface area (Å²) in [5.41, 5.74) is 0.932. The Kier molecular flexibility index (Phi) is 3.82. The minimum atomic E-state index is -0.498. The first-order valence-corrected chi connectivity index (χ1v) is 7.24. The van der Waals surface area contributed by atoms with Gasteiger partial charge in [-0.25, -0.2) is 9.59 Å². The van der Waals surface area contributed by atoms with Crippen LogP contribution < -0.4 is 0 Å². The topological polar surface area (TPSA) is 55.8 Å². The van der Waals surface area contributed by atoms with Crippen LogP contribution in [0.15, 0.2) is 30.3 Å². The van der Waals surface area contributed by atoms with Crippen molar-refractivity contribution in [3.05, 3.63) is 35.9 Å². The van der Waals surface area contributed by atoms with Gasteiger partial charge in [0, 0.05) is 6.54 Å². The molecule has 1 aliphatic carbocycles. The Hall–Kier alpha value is -2.04. The van der Waals surface area contributed by atoms with Gasteiger partial charge in [-0.2, -0.15) is 0 Å². The lowest BCUT2D eigenvalue weighted by atomic mass is 10.0. The molecule has 2 aliphatic rings. The molecule has 5 nitrogen and oxygen atoms in total. The van der Waals surface area contributed by atoms with Crippen molar-refractivity contribution in [2.24, 2.45) is 11.8 Å². The van der Waals surface area contributed by atoms with Gasteiger partial charge in [0.1, 0.15) is 12.6 Å². The van der Waals surface area contributed by atoms with Crippen LogP contribution in [0.4, 0.5) is 4.79 Å². The number of fused-ring (bicyclic) bond motifs is 1. The zero-order valence-electron chi connectivity index (χ0n) is 12.0. The molecular formula is C16H19NO4. The number of hydrogen-bond acceptors (Lipinski definition) is 4. The van der Waals surface area contributed by atoms with Gasteiger partial charge in [0.15, 0.2) is 0 Å². The maximum absolute atomic E-state index is 12.3. The van der Waals surface area contributed by atoms with Crippen molar-refractivity contribution in [2.45, 2.75) is 25.5 Å². The van der Waals surface area contributed by atoms with Gasteiger partial charge in [-0.05, 0) is 30.2 Å². The summed E-state index contributed by atoms with van der Waals surface area (Å²) in [6.45, 7) is 0.816. The highest BCUT2D eigenvalue weighted by molar-refractivity contribution is 5.81. The molecule has 0 radical (unpaired) electrons. The first kappa shape index (κ1) is 13.9. The number of likely N-dealkylation sites (tertiary alicyclic amines) is 1. The lowest BCUT2D eigenvalue weighted by Gasteiger charge is -2.32. The predicted octanol–water partition coefficient (Wildman–Crippen LogP) is 2.21. The summed E-state index contributed by atoms with van der Waals surface area (Å²) in [5.74, 6) is 0.736. The van der Waals surface area contributed by atoms with Crippen LogP contribution in [0.5, 0.6) is 0 Å². The molecule has 1 aromatic rings. The van der Waals surface area contributed by atoms with E-state index in [9.17, 15) is 9.59 Å². The average molecular weight is 289 g/mol. The summed E-state index contributed by atoms with van der Waals surface area (Å²) in [6, 6.07) is 9.01. The van der Waals surface area contributed by atoms with E-state index in [-0.39, 0.29) is 12.6 Å². The molecule has 1 amide bonds. The van der Waals surface area contributed by atoms with Crippen LogP contribution in [-0.2, 0) is 20.9 Å². The quantitative estimate of drug-likeness (QED) is 0.801. The number of amides is 1. The monoisotopic (exact) mass is 289 g/mol. The summed E-state index contributed by atoms with van der Waals surface area (Å²) in [5, 5.41) is 0. The number of nitrogens with zero attached hydrogens (tertiary/aromatic N) is 1. The van der Waals surface area contributed by atoms with E-state index in [0.29, 0.717) is 24.8 Å². The van der Waals surface area contributed by atoms with E-state index >= 15 is 0 Å². The van der Waals surface area contributed by atoms with Crippen molar-refractivity contribution in [1.29, 1.82) is 0 Å². The minimum Gasteiger partial charge on any atom is -0.467 e. The molecule has 0 bridgehead atoms. The van der Waals surface area contributed by atoms with Crippen LogP contribution in [-0.4, -0.2) is 36.7 Å². The van der Waals surface area contributed by atoms with Crippen molar-refractivity contribution in [3.63, 3.8) is 0 Å². The Bertz CT molecular complexity index is 530. The first-order valence-electron chi connectivity index (χ1n) is 7.24. The Morgan fingerprint density at radius 1 is 1.19 bits per heavy atom. The van der Waals surface area contributed by atoms with E-state index < -0.39 is 12.1 Å². The van der Waals surface area contributed by atoms with Gasteiger partial charge in [0.2, 0.25) is 0 Å². The minimum absolute atomic E-state index is 0.220. The van der Waals surface area contributed by atoms with Crippen LogP contribution in [0, 0.1) is 11.8 Å². The van der Waals surface area contributed by atoms with E-state index in [2.05, 4.69) is 0 Å². The highest BCUT2D eigenvalue weighted by Crippen LogP contribution is 2.47. The van der Waals surface area contributed by atoms with Crippen molar-refractivity contribution < 1.29 is 19.1 Å². The number of hydrogen-bond donors (Lipinski definition) is 0. The van der Waals surface area contributed by atoms with E-state index in [1.54, 1.807) is 0 Å². The summed E-state index contributed by atoms with van der Waals surface area (Å²) in [4.78, 5) is 25.6. The highest BCUT2D eigenvalue weighted by atomic mass is 16.6. The van der Waals surface area contributed by atoms with Crippen molar-refractivity contribution >= 4 is 12.1 Å². The van der Waals surface area contributed by atoms with Gasteiger partial charge in [-0.3, -0.25) is 4.90 Å². The van der Waals surface area contributed by atoms with E-state index in [4.69, 9.17) is 9.47 Å². The molecule has 3 rings (SSSR count). The fourth-order valence-corrected chi connectivity index (χ4v) is 2.98. The number of esters is 1. The van der Waals surface area contributed by atoms with Gasteiger partial charge in [-0.1, -0.05) is 30.3 Å². The van der Waals surface area contributed by atoms with Gasteiger partial charge < -0.3 is 9.47 Å². The van der Waals surface area contributed by atoms with Gasteiger partial charge in [0.25, 0.3) is 0 Å². The third kappa shape index (κ3) is 3.01. The number of ether oxygens (including phenoxy) is 2. The molecule has 1 aromatic carbocycles. The second kappa shape index (κ2) is 5.76. The Labute approximate surface area is 123 Å². The zero-order chi connectivity index (χ0) is 14.8. The van der Waals surface area contributed by atoms with Crippen LogP contribution in [0.1, 0.15) is 18.4 Å². The standard InChI is InChI=1S/C16H19NO4/c1-20-15(18)14-8-12-7-13(12)9-17(14)16(19)21-10-11-5-3-2-4-6-11/h2-6,12-14H,7-10H2,1H3/t12?,13?,14-/m1/s1. The summed E-state index contributed by atoms with van der Waals surface area (Å²) < 4.78 is 10.1. The highest BCUT2D eigenvalue weighted by Gasteiger charge is 2.50. The van der Waals surface area contributed by atoms with Crippen molar-refractivity contribution in [1.82, 2.24) is 4.90 Å². The van der Waals surface area contributed by atoms with Crippen LogP contribution in [0.25, 0.3) is 0 Å². The second-order valence-electron chi connectivity index (χ2n) is 5.72. The Balaban J connectivity index is 1.62. The number of methoxy groups -OCH3 is 1. The molecule has 21 heavy (non-hydrogen) atoms. The molecule has 0 aromatic heterocycles. The van der Waals surface area contributed by atoms with Gasteiger partial charge >= 0.3 is 12.1 Å². The molecule has 1 heterocycles. The smallest absolute Gasteiger partial charge is 0.410 e. The second-order valence-corrected chi connectivity index (χ2v) is 5.72. The number of carbonyl (C=O) groups is 2. The SMILES string of the molecule is COC(=O)[C@H]1CC2CC2CN1C(=O)OCc1ccccc1. The molecule has 0 N–H and O–H groups in total. The first-order chi connectivity index (χ1) is 10.2. The molecule has 5 heteroatoms. The number of carbonyl (C=O) groups excluding carboxylic acids is 2. The van der Waals surface area contributed by atoms with Gasteiger partial charge in [-0.15, -0.1) is 0 Å². The summed E-state index contributed by atoms with van der Waals surface area (Å²) in [7, 11) is 1.36. The molecular weight excluding hydrogens is 270 g/mol. The largest absolute Gasteiger partial charge is 0.467 e. The molecule has 1 saturated carbocycles. The van der Waals surface area contributed by atoms with Crippen LogP contribution in [0.3, 0.4) is 0 Å².